The van der Waals surface area contributed by atoms with Gasteiger partial charge in [-0.3, -0.25) is 0 Å². The van der Waals surface area contributed by atoms with E-state index in [1.54, 1.807) is 0 Å². The predicted molar refractivity (Wildman–Crippen MR) is 152 cm³/mol. The highest BCUT2D eigenvalue weighted by atomic mass is 16.3. The van der Waals surface area contributed by atoms with Gasteiger partial charge in [0, 0.05) is 16.5 Å². The molecule has 0 spiro atoms. The molecule has 2 N–H and O–H groups in total. The molecule has 0 aliphatic heterocycles. The van der Waals surface area contributed by atoms with Crippen LogP contribution in [0.1, 0.15) is 142 Å². The van der Waals surface area contributed by atoms with E-state index in [0.717, 1.165) is 60.8 Å². The zero-order valence-corrected chi connectivity index (χ0v) is 22.0. The molecule has 3 fully saturated rings. The van der Waals surface area contributed by atoms with Crippen molar-refractivity contribution in [3.8, 4) is 11.5 Å². The third-order valence-corrected chi connectivity index (χ3v) is 9.68. The monoisotopic (exact) mass is 484 g/mol. The maximum atomic E-state index is 11.2. The molecule has 0 unspecified atom stereocenters. The molecule has 3 aliphatic carbocycles. The molecule has 2 aromatic carbocycles. The highest BCUT2D eigenvalue weighted by molar-refractivity contribution is 5.65. The smallest absolute Gasteiger partial charge is 0.126 e. The van der Waals surface area contributed by atoms with Crippen molar-refractivity contribution >= 4 is 12.2 Å². The molecule has 0 amide bonds. The third-order valence-electron chi connectivity index (χ3n) is 9.68. The van der Waals surface area contributed by atoms with Gasteiger partial charge in [-0.15, -0.1) is 0 Å². The summed E-state index contributed by atoms with van der Waals surface area (Å²) < 4.78 is 0. The van der Waals surface area contributed by atoms with Crippen LogP contribution in [0.4, 0.5) is 0 Å². The van der Waals surface area contributed by atoms with E-state index in [0.29, 0.717) is 23.3 Å². The van der Waals surface area contributed by atoms with Gasteiger partial charge in [0.15, 0.2) is 0 Å². The van der Waals surface area contributed by atoms with Crippen molar-refractivity contribution in [2.24, 2.45) is 0 Å². The zero-order chi connectivity index (χ0) is 25.1. The maximum absolute atomic E-state index is 11.2. The second-order valence-corrected chi connectivity index (χ2v) is 11.7. The molecule has 3 saturated carbocycles. The van der Waals surface area contributed by atoms with Crippen LogP contribution in [0.5, 0.6) is 11.5 Å². The Morgan fingerprint density at radius 2 is 0.972 bits per heavy atom. The molecule has 5 rings (SSSR count). The number of hydrogen-bond donors (Lipinski definition) is 2. The maximum Gasteiger partial charge on any atom is 0.126 e. The van der Waals surface area contributed by atoms with E-state index in [4.69, 9.17) is 0 Å². The lowest BCUT2D eigenvalue weighted by atomic mass is 9.63. The average molecular weight is 485 g/mol. The standard InChI is InChI=1S/C34H44O2/c1-3-24-20-28(22-30(32(24)35)26-14-8-5-9-15-26)34(18-12-7-13-19-34)29-21-25(4-2)33(36)31(23-29)27-16-10-6-11-17-27/h3-4,20-23,26-27,35-36H,1-2,5-19H2. The summed E-state index contributed by atoms with van der Waals surface area (Å²) in [6.07, 6.45) is 21.8. The Hall–Kier alpha value is -2.48. The van der Waals surface area contributed by atoms with Crippen LogP contribution in [-0.2, 0) is 5.41 Å². The summed E-state index contributed by atoms with van der Waals surface area (Å²) in [6, 6.07) is 9.12. The van der Waals surface area contributed by atoms with Crippen LogP contribution in [0, 0.1) is 0 Å². The molecule has 2 aromatic rings. The molecule has 0 atom stereocenters. The third kappa shape index (κ3) is 4.64. The van der Waals surface area contributed by atoms with E-state index in [1.165, 1.54) is 68.9 Å². The Kier molecular flexibility index (Phi) is 7.60. The first-order valence-electron chi connectivity index (χ1n) is 14.6. The molecule has 0 aromatic heterocycles. The minimum Gasteiger partial charge on any atom is -0.507 e. The van der Waals surface area contributed by atoms with Gasteiger partial charge in [-0.1, -0.05) is 95.2 Å². The molecule has 0 radical (unpaired) electrons. The Labute approximate surface area is 218 Å². The van der Waals surface area contributed by atoms with E-state index >= 15 is 0 Å². The molecular formula is C34H44O2. The van der Waals surface area contributed by atoms with Gasteiger partial charge in [-0.05, 0) is 84.7 Å². The van der Waals surface area contributed by atoms with Crippen LogP contribution < -0.4 is 0 Å². The minimum atomic E-state index is -0.109. The normalized spacial score (nSPS) is 21.2. The summed E-state index contributed by atoms with van der Waals surface area (Å²) in [5.41, 5.74) is 6.53. The lowest BCUT2D eigenvalue weighted by molar-refractivity contribution is 0.342. The number of rotatable bonds is 6. The highest BCUT2D eigenvalue weighted by Crippen LogP contribution is 2.51. The van der Waals surface area contributed by atoms with Gasteiger partial charge < -0.3 is 10.2 Å². The van der Waals surface area contributed by atoms with Crippen LogP contribution in [0.25, 0.3) is 12.2 Å². The fourth-order valence-electron chi connectivity index (χ4n) is 7.57. The first-order chi connectivity index (χ1) is 17.6. The first-order valence-corrected chi connectivity index (χ1v) is 14.6. The average Bonchev–Trinajstić information content (AvgIpc) is 2.94. The fourth-order valence-corrected chi connectivity index (χ4v) is 7.57. The van der Waals surface area contributed by atoms with Crippen molar-refractivity contribution in [2.45, 2.75) is 114 Å². The molecule has 0 bridgehead atoms. The topological polar surface area (TPSA) is 40.5 Å². The van der Waals surface area contributed by atoms with Gasteiger partial charge in [-0.25, -0.2) is 0 Å². The van der Waals surface area contributed by atoms with Crippen molar-refractivity contribution in [1.29, 1.82) is 0 Å². The summed E-state index contributed by atoms with van der Waals surface area (Å²) in [4.78, 5) is 0. The summed E-state index contributed by atoms with van der Waals surface area (Å²) in [6.45, 7) is 8.14. The van der Waals surface area contributed by atoms with Gasteiger partial charge in [0.05, 0.1) is 0 Å². The van der Waals surface area contributed by atoms with E-state index in [2.05, 4.69) is 37.4 Å². The van der Waals surface area contributed by atoms with Crippen LogP contribution in [0.3, 0.4) is 0 Å². The van der Waals surface area contributed by atoms with Gasteiger partial charge in [0.1, 0.15) is 11.5 Å². The molecule has 0 heterocycles. The molecule has 2 heteroatoms. The highest BCUT2D eigenvalue weighted by Gasteiger charge is 2.38. The van der Waals surface area contributed by atoms with E-state index in [1.807, 2.05) is 12.2 Å². The SMILES string of the molecule is C=Cc1cc(C2(c3cc(C=C)c(O)c(C4CCCCC4)c3)CCCCC2)cc(C2CCCCC2)c1O. The predicted octanol–water partition coefficient (Wildman–Crippen LogP) is 9.73. The van der Waals surface area contributed by atoms with Crippen molar-refractivity contribution in [1.82, 2.24) is 0 Å². The van der Waals surface area contributed by atoms with Crippen molar-refractivity contribution < 1.29 is 10.2 Å². The van der Waals surface area contributed by atoms with E-state index in [9.17, 15) is 10.2 Å². The van der Waals surface area contributed by atoms with Crippen LogP contribution in [0.15, 0.2) is 37.4 Å². The van der Waals surface area contributed by atoms with Crippen molar-refractivity contribution in [2.75, 3.05) is 0 Å². The Bertz CT molecular complexity index is 1010. The molecule has 0 saturated heterocycles. The largest absolute Gasteiger partial charge is 0.507 e. The number of phenolic OH excluding ortho intramolecular Hbond substituents is 2. The number of benzene rings is 2. The van der Waals surface area contributed by atoms with E-state index in [-0.39, 0.29) is 5.41 Å². The molecule has 3 aliphatic rings. The summed E-state index contributed by atoms with van der Waals surface area (Å²) in [5, 5.41) is 22.5. The number of phenols is 2. The van der Waals surface area contributed by atoms with E-state index < -0.39 is 0 Å². The first kappa shape index (κ1) is 25.2. The fraction of sp³-hybridized carbons (Fsp3) is 0.529. The Morgan fingerprint density at radius 3 is 1.36 bits per heavy atom. The lowest BCUT2D eigenvalue weighted by Gasteiger charge is -2.40. The van der Waals surface area contributed by atoms with Crippen LogP contribution in [0.2, 0.25) is 0 Å². The number of hydrogen-bond acceptors (Lipinski definition) is 2. The lowest BCUT2D eigenvalue weighted by Crippen LogP contribution is -2.31. The second-order valence-electron chi connectivity index (χ2n) is 11.7. The molecule has 36 heavy (non-hydrogen) atoms. The molecule has 2 nitrogen and oxygen atoms in total. The summed E-state index contributed by atoms with van der Waals surface area (Å²) >= 11 is 0. The van der Waals surface area contributed by atoms with Gasteiger partial charge >= 0.3 is 0 Å². The van der Waals surface area contributed by atoms with Crippen molar-refractivity contribution in [3.63, 3.8) is 0 Å². The Balaban J connectivity index is 1.68. The number of aromatic hydroxyl groups is 2. The van der Waals surface area contributed by atoms with Crippen LogP contribution >= 0.6 is 0 Å². The zero-order valence-electron chi connectivity index (χ0n) is 22.0. The van der Waals surface area contributed by atoms with Gasteiger partial charge in [0.2, 0.25) is 0 Å². The van der Waals surface area contributed by atoms with Crippen molar-refractivity contribution in [3.05, 3.63) is 70.8 Å². The van der Waals surface area contributed by atoms with Gasteiger partial charge in [-0.2, -0.15) is 0 Å². The molecular weight excluding hydrogens is 440 g/mol. The quantitative estimate of drug-likeness (QED) is 0.428. The summed E-state index contributed by atoms with van der Waals surface area (Å²) in [5.74, 6) is 1.73. The minimum absolute atomic E-state index is 0.109. The summed E-state index contributed by atoms with van der Waals surface area (Å²) in [7, 11) is 0. The van der Waals surface area contributed by atoms with Gasteiger partial charge in [0.25, 0.3) is 0 Å². The molecule has 192 valence electrons. The van der Waals surface area contributed by atoms with Crippen LogP contribution in [-0.4, -0.2) is 10.2 Å². The second kappa shape index (κ2) is 10.9. The Morgan fingerprint density at radius 1 is 0.583 bits per heavy atom.